The molecule has 3 nitrogen and oxygen atoms in total. The van der Waals surface area contributed by atoms with Crippen molar-refractivity contribution < 1.29 is 0 Å². The summed E-state index contributed by atoms with van der Waals surface area (Å²) in [4.78, 5) is 10.3. The minimum absolute atomic E-state index is 0.0769. The molecule has 2 heterocycles. The predicted octanol–water partition coefficient (Wildman–Crippen LogP) is 2.98. The van der Waals surface area contributed by atoms with Gasteiger partial charge in [-0.15, -0.1) is 11.3 Å². The molecule has 0 saturated heterocycles. The lowest BCUT2D eigenvalue weighted by atomic mass is 10.1. The van der Waals surface area contributed by atoms with Crippen molar-refractivity contribution in [1.82, 2.24) is 9.97 Å². The monoisotopic (exact) mass is 261 g/mol. The first-order valence-corrected chi connectivity index (χ1v) is 7.50. The van der Waals surface area contributed by atoms with E-state index < -0.39 is 0 Å². The van der Waals surface area contributed by atoms with Gasteiger partial charge in [0.15, 0.2) is 0 Å². The maximum absolute atomic E-state index is 6.29. The van der Waals surface area contributed by atoms with Crippen LogP contribution >= 0.6 is 11.3 Å². The van der Waals surface area contributed by atoms with Gasteiger partial charge in [0.1, 0.15) is 5.82 Å². The summed E-state index contributed by atoms with van der Waals surface area (Å²) in [6.07, 6.45) is 10.9. The molecule has 0 bridgehead atoms. The molecule has 1 unspecified atom stereocenters. The third kappa shape index (κ3) is 2.49. The van der Waals surface area contributed by atoms with Crippen LogP contribution in [0.15, 0.2) is 18.5 Å². The molecule has 1 aliphatic carbocycles. The van der Waals surface area contributed by atoms with E-state index in [4.69, 9.17) is 5.73 Å². The normalized spacial score (nSPS) is 17.2. The molecule has 0 radical (unpaired) electrons. The van der Waals surface area contributed by atoms with E-state index in [9.17, 15) is 0 Å². The first-order valence-electron chi connectivity index (χ1n) is 6.68. The summed E-state index contributed by atoms with van der Waals surface area (Å²) in [6.45, 7) is 0. The lowest BCUT2D eigenvalue weighted by molar-refractivity contribution is 0.700. The molecule has 3 N–H and O–H groups in total. The van der Waals surface area contributed by atoms with E-state index in [1.165, 1.54) is 37.0 Å². The number of H-pyrrole nitrogens is 1. The van der Waals surface area contributed by atoms with Crippen molar-refractivity contribution in [2.45, 2.75) is 44.6 Å². The minimum atomic E-state index is 0.0769. The van der Waals surface area contributed by atoms with Gasteiger partial charge in [-0.25, -0.2) is 4.98 Å². The Morgan fingerprint density at radius 3 is 3.06 bits per heavy atom. The first kappa shape index (κ1) is 11.9. The van der Waals surface area contributed by atoms with Gasteiger partial charge in [0, 0.05) is 34.6 Å². The fourth-order valence-electron chi connectivity index (χ4n) is 2.59. The summed E-state index contributed by atoms with van der Waals surface area (Å²) >= 11 is 1.91. The van der Waals surface area contributed by atoms with E-state index in [0.717, 1.165) is 12.2 Å². The molecular weight excluding hydrogens is 242 g/mol. The zero-order chi connectivity index (χ0) is 12.4. The number of hydrogen-bond donors (Lipinski definition) is 2. The van der Waals surface area contributed by atoms with Crippen LogP contribution in [0, 0.1) is 0 Å². The highest BCUT2D eigenvalue weighted by Gasteiger charge is 2.16. The van der Waals surface area contributed by atoms with Crippen LogP contribution in [0.2, 0.25) is 0 Å². The summed E-state index contributed by atoms with van der Waals surface area (Å²) < 4.78 is 0. The topological polar surface area (TPSA) is 54.7 Å². The Kier molecular flexibility index (Phi) is 3.48. The van der Waals surface area contributed by atoms with Crippen LogP contribution in [0.1, 0.15) is 46.4 Å². The number of aromatic amines is 1. The molecule has 0 fully saturated rings. The fourth-order valence-corrected chi connectivity index (χ4v) is 3.85. The molecule has 3 rings (SSSR count). The highest BCUT2D eigenvalue weighted by atomic mass is 32.1. The van der Waals surface area contributed by atoms with Crippen molar-refractivity contribution in [2.75, 3.05) is 0 Å². The maximum Gasteiger partial charge on any atom is 0.107 e. The summed E-state index contributed by atoms with van der Waals surface area (Å²) in [7, 11) is 0. The van der Waals surface area contributed by atoms with Crippen molar-refractivity contribution in [1.29, 1.82) is 0 Å². The van der Waals surface area contributed by atoms with Crippen molar-refractivity contribution >= 4 is 11.3 Å². The number of imidazole rings is 1. The van der Waals surface area contributed by atoms with E-state index in [0.29, 0.717) is 0 Å². The number of hydrogen-bond acceptors (Lipinski definition) is 3. The lowest BCUT2D eigenvalue weighted by Gasteiger charge is -2.07. The number of nitrogens with zero attached hydrogens (tertiary/aromatic N) is 1. The maximum atomic E-state index is 6.29. The average molecular weight is 261 g/mol. The molecule has 0 spiro atoms. The van der Waals surface area contributed by atoms with Gasteiger partial charge >= 0.3 is 0 Å². The van der Waals surface area contributed by atoms with Gasteiger partial charge in [-0.2, -0.15) is 0 Å². The second-order valence-electron chi connectivity index (χ2n) is 5.00. The number of nitrogens with two attached hydrogens (primary N) is 1. The second-order valence-corrected chi connectivity index (χ2v) is 6.17. The summed E-state index contributed by atoms with van der Waals surface area (Å²) in [5, 5.41) is 0. The highest BCUT2D eigenvalue weighted by molar-refractivity contribution is 7.12. The molecule has 0 aliphatic heterocycles. The van der Waals surface area contributed by atoms with Crippen molar-refractivity contribution in [3.63, 3.8) is 0 Å². The summed E-state index contributed by atoms with van der Waals surface area (Å²) in [6, 6.07) is 2.41. The Bertz CT molecular complexity index is 478. The molecule has 2 aromatic rings. The van der Waals surface area contributed by atoms with Crippen molar-refractivity contribution in [3.05, 3.63) is 39.6 Å². The van der Waals surface area contributed by atoms with E-state index in [2.05, 4.69) is 16.0 Å². The molecular formula is C14H19N3S. The number of rotatable bonds is 3. The van der Waals surface area contributed by atoms with Gasteiger partial charge in [-0.1, -0.05) is 6.42 Å². The third-order valence-electron chi connectivity index (χ3n) is 3.60. The van der Waals surface area contributed by atoms with Gasteiger partial charge < -0.3 is 10.7 Å². The van der Waals surface area contributed by atoms with Gasteiger partial charge in [0.2, 0.25) is 0 Å². The Morgan fingerprint density at radius 1 is 1.33 bits per heavy atom. The van der Waals surface area contributed by atoms with Crippen LogP contribution in [0.4, 0.5) is 0 Å². The number of nitrogens with one attached hydrogen (secondary N) is 1. The lowest BCUT2D eigenvalue weighted by Crippen LogP contribution is -2.12. The second kappa shape index (κ2) is 5.24. The largest absolute Gasteiger partial charge is 0.349 e. The fraction of sp³-hybridized carbons (Fsp3) is 0.500. The van der Waals surface area contributed by atoms with Gasteiger partial charge in [-0.3, -0.25) is 0 Å². The molecule has 96 valence electrons. The van der Waals surface area contributed by atoms with E-state index in [1.807, 2.05) is 17.5 Å². The molecule has 4 heteroatoms. The zero-order valence-electron chi connectivity index (χ0n) is 10.5. The Hall–Kier alpha value is -1.13. The summed E-state index contributed by atoms with van der Waals surface area (Å²) in [5.41, 5.74) is 7.83. The van der Waals surface area contributed by atoms with E-state index in [1.54, 1.807) is 16.6 Å². The molecule has 0 saturated carbocycles. The Balaban J connectivity index is 1.76. The molecule has 0 aromatic carbocycles. The van der Waals surface area contributed by atoms with Crippen LogP contribution in [-0.2, 0) is 19.3 Å². The van der Waals surface area contributed by atoms with Gasteiger partial charge in [0.05, 0.1) is 0 Å². The molecule has 1 aliphatic rings. The van der Waals surface area contributed by atoms with Gasteiger partial charge in [0.25, 0.3) is 0 Å². The average Bonchev–Trinajstić information content (AvgIpc) is 2.95. The molecule has 18 heavy (non-hydrogen) atoms. The highest BCUT2D eigenvalue weighted by Crippen LogP contribution is 2.32. The Morgan fingerprint density at radius 2 is 2.22 bits per heavy atom. The van der Waals surface area contributed by atoms with E-state index in [-0.39, 0.29) is 6.04 Å². The molecule has 2 aromatic heterocycles. The van der Waals surface area contributed by atoms with E-state index >= 15 is 0 Å². The van der Waals surface area contributed by atoms with Gasteiger partial charge in [-0.05, 0) is 37.3 Å². The van der Waals surface area contributed by atoms with Crippen LogP contribution in [0.3, 0.4) is 0 Å². The standard InChI is InChI=1S/C14H19N3S/c15-11(9-14-16-6-7-17-14)13-8-10-4-2-1-3-5-12(10)18-13/h6-8,11H,1-5,9,15H2,(H,16,17). The molecule has 0 amide bonds. The first-order chi connectivity index (χ1) is 8.83. The SMILES string of the molecule is NC(Cc1ncc[nH]1)c1cc2c(s1)CCCCC2. The third-order valence-corrected chi connectivity index (χ3v) is 4.97. The quantitative estimate of drug-likeness (QED) is 0.835. The smallest absolute Gasteiger partial charge is 0.107 e. The van der Waals surface area contributed by atoms with Crippen molar-refractivity contribution in [2.24, 2.45) is 5.73 Å². The molecule has 1 atom stereocenters. The number of thiophene rings is 1. The Labute approximate surface area is 111 Å². The van der Waals surface area contributed by atoms with Crippen LogP contribution in [0.5, 0.6) is 0 Å². The zero-order valence-corrected chi connectivity index (χ0v) is 11.3. The number of fused-ring (bicyclic) bond motifs is 1. The van der Waals surface area contributed by atoms with Crippen LogP contribution in [-0.4, -0.2) is 9.97 Å². The van der Waals surface area contributed by atoms with Crippen LogP contribution in [0.25, 0.3) is 0 Å². The van der Waals surface area contributed by atoms with Crippen molar-refractivity contribution in [3.8, 4) is 0 Å². The van der Waals surface area contributed by atoms with Crippen LogP contribution < -0.4 is 5.73 Å². The minimum Gasteiger partial charge on any atom is -0.349 e. The number of aryl methyl sites for hydroxylation is 2. The predicted molar refractivity (Wildman–Crippen MR) is 74.8 cm³/mol. The number of aromatic nitrogens is 2. The summed E-state index contributed by atoms with van der Waals surface area (Å²) in [5.74, 6) is 0.978.